The van der Waals surface area contributed by atoms with E-state index in [-0.39, 0.29) is 18.1 Å². The van der Waals surface area contributed by atoms with Gasteiger partial charge < -0.3 is 29.6 Å². The number of hydrogen-bond donors (Lipinski definition) is 2. The monoisotopic (exact) mass is 574 g/mol. The van der Waals surface area contributed by atoms with E-state index in [4.69, 9.17) is 24.7 Å². The highest BCUT2D eigenvalue weighted by Gasteiger charge is 2.73. The zero-order valence-corrected chi connectivity index (χ0v) is 23.2. The van der Waals surface area contributed by atoms with Crippen LogP contribution in [0.1, 0.15) is 12.5 Å². The summed E-state index contributed by atoms with van der Waals surface area (Å²) < 4.78 is 21.3. The summed E-state index contributed by atoms with van der Waals surface area (Å²) in [6.07, 6.45) is -1.91. The number of ether oxygens (including phenoxy) is 4. The molecule has 1 fully saturated rings. The van der Waals surface area contributed by atoms with Gasteiger partial charge in [0.05, 0.1) is 25.5 Å². The van der Waals surface area contributed by atoms with Crippen LogP contribution in [0.5, 0.6) is 0 Å². The van der Waals surface area contributed by atoms with Gasteiger partial charge in [-0.1, -0.05) is 30.3 Å². The van der Waals surface area contributed by atoms with Crippen LogP contribution in [-0.4, -0.2) is 103 Å². The highest BCUT2D eigenvalue weighted by Crippen LogP contribution is 2.50. The van der Waals surface area contributed by atoms with Crippen molar-refractivity contribution < 1.29 is 47.7 Å². The van der Waals surface area contributed by atoms with Crippen LogP contribution in [-0.2, 0) is 44.7 Å². The van der Waals surface area contributed by atoms with Gasteiger partial charge in [0.2, 0.25) is 0 Å². The number of primary amides is 1. The molecule has 1 aromatic rings. The van der Waals surface area contributed by atoms with Gasteiger partial charge in [0.15, 0.2) is 12.0 Å². The maximum atomic E-state index is 13.9. The normalized spacial score (nSPS) is 20.9. The van der Waals surface area contributed by atoms with Gasteiger partial charge in [-0.25, -0.2) is 29.5 Å². The number of carbonyl (C=O) groups is 6. The Balaban J connectivity index is 2.22. The minimum absolute atomic E-state index is 0.212. The number of esters is 3. The number of nitrogens with two attached hydrogens (primary N) is 1. The Bertz CT molecular complexity index is 1330. The first-order valence-corrected chi connectivity index (χ1v) is 12.0. The van der Waals surface area contributed by atoms with E-state index in [9.17, 15) is 28.8 Å². The molecule has 1 aromatic carbocycles. The van der Waals surface area contributed by atoms with Crippen molar-refractivity contribution in [2.24, 2.45) is 16.8 Å². The van der Waals surface area contributed by atoms with Gasteiger partial charge >= 0.3 is 30.0 Å². The summed E-state index contributed by atoms with van der Waals surface area (Å²) in [6, 6.07) is 6.52. The zero-order chi connectivity index (χ0) is 30.6. The van der Waals surface area contributed by atoms with E-state index in [2.05, 4.69) is 5.10 Å². The lowest BCUT2D eigenvalue weighted by Crippen LogP contribution is -2.60. The first kappa shape index (κ1) is 30.6. The van der Waals surface area contributed by atoms with E-state index in [0.717, 1.165) is 26.2 Å². The second-order valence-electron chi connectivity index (χ2n) is 9.08. The van der Waals surface area contributed by atoms with Crippen LogP contribution in [0.2, 0.25) is 0 Å². The summed E-state index contributed by atoms with van der Waals surface area (Å²) in [5, 5.41) is 3.74. The summed E-state index contributed by atoms with van der Waals surface area (Å²) in [6.45, 7) is 1.02. The Hall–Kier alpha value is -4.99. The fourth-order valence-electron chi connectivity index (χ4n) is 4.48. The van der Waals surface area contributed by atoms with Crippen molar-refractivity contribution in [1.29, 1.82) is 0 Å². The molecule has 16 nitrogen and oxygen atoms in total. The number of amides is 5. The third kappa shape index (κ3) is 5.41. The van der Waals surface area contributed by atoms with Gasteiger partial charge in [0, 0.05) is 21.1 Å². The number of likely N-dealkylation sites (N-methyl/N-ethyl adjacent to an activating group) is 1. The van der Waals surface area contributed by atoms with Crippen molar-refractivity contribution in [2.75, 3.05) is 35.4 Å². The molecule has 41 heavy (non-hydrogen) atoms. The van der Waals surface area contributed by atoms with Crippen molar-refractivity contribution >= 4 is 41.6 Å². The smallest absolute Gasteiger partial charge is 0.341 e. The number of fused-ring (bicyclic) bond motifs is 1. The lowest BCUT2D eigenvalue weighted by atomic mass is 9.89. The third-order valence-corrected chi connectivity index (χ3v) is 6.28. The molecule has 16 heteroatoms. The van der Waals surface area contributed by atoms with Crippen molar-refractivity contribution in [3.63, 3.8) is 0 Å². The van der Waals surface area contributed by atoms with E-state index < -0.39 is 59.2 Å². The largest absolute Gasteiger partial charge is 0.468 e. The summed E-state index contributed by atoms with van der Waals surface area (Å²) in [4.78, 5) is 81.1. The highest BCUT2D eigenvalue weighted by molar-refractivity contribution is 6.14. The third-order valence-electron chi connectivity index (χ3n) is 6.28. The maximum absolute atomic E-state index is 13.9. The van der Waals surface area contributed by atoms with Gasteiger partial charge in [-0.15, -0.1) is 0 Å². The number of nitrogens with zero attached hydrogens (tertiary/aromatic N) is 4. The van der Waals surface area contributed by atoms with Gasteiger partial charge in [-0.3, -0.25) is 14.5 Å². The second-order valence-corrected chi connectivity index (χ2v) is 9.08. The molecule has 0 radical (unpaired) electrons. The Morgan fingerprint density at radius 2 is 1.76 bits per heavy atom. The number of hydrogen-bond acceptors (Lipinski definition) is 12. The molecule has 0 saturated carbocycles. The highest BCUT2D eigenvalue weighted by atomic mass is 16.6. The van der Waals surface area contributed by atoms with E-state index in [1.54, 1.807) is 30.3 Å². The minimum Gasteiger partial charge on any atom is -0.468 e. The van der Waals surface area contributed by atoms with Crippen LogP contribution in [0.4, 0.5) is 9.59 Å². The molecule has 0 aliphatic carbocycles. The number of rotatable bonds is 10. The number of urea groups is 2. The number of carbonyl (C=O) groups excluding carboxylic acids is 6. The van der Waals surface area contributed by atoms with Crippen molar-refractivity contribution in [1.82, 2.24) is 20.1 Å². The lowest BCUT2D eigenvalue weighted by Gasteiger charge is -2.36. The first-order valence-electron chi connectivity index (χ1n) is 12.0. The molecule has 2 aliphatic heterocycles. The fourth-order valence-corrected chi connectivity index (χ4v) is 4.48. The molecule has 1 saturated heterocycles. The predicted octanol–water partition coefficient (Wildman–Crippen LogP) is -0.501. The number of benzene rings is 1. The standard InChI is InChI=1S/C25H30N6O10/c1-13(27-28-23(26)36)17(21(34)40-12-14-10-8-7-9-11-14)41-25-16(20(33)39-6)15(19(32)38-5)18(29(2)3)31(25)24(37)30(4)22(25)35/h7-11,16-17H,12H2,1-6H3,(H3,26,28,36)/b27-13+. The molecule has 3 rings (SSSR count). The Morgan fingerprint density at radius 1 is 1.12 bits per heavy atom. The maximum Gasteiger partial charge on any atom is 0.341 e. The topological polar surface area (TPSA) is 199 Å². The fraction of sp³-hybridized carbons (Fsp3) is 0.400. The number of imide groups is 1. The number of nitrogens with one attached hydrogen (secondary N) is 1. The van der Waals surface area contributed by atoms with Crippen LogP contribution < -0.4 is 11.2 Å². The van der Waals surface area contributed by atoms with Gasteiger partial charge in [0.25, 0.3) is 11.6 Å². The molecule has 5 amide bonds. The van der Waals surface area contributed by atoms with E-state index >= 15 is 0 Å². The van der Waals surface area contributed by atoms with Gasteiger partial charge in [0.1, 0.15) is 12.4 Å². The molecule has 220 valence electrons. The zero-order valence-electron chi connectivity index (χ0n) is 23.2. The minimum atomic E-state index is -2.66. The first-order chi connectivity index (χ1) is 19.3. The van der Waals surface area contributed by atoms with Crippen LogP contribution in [0.25, 0.3) is 0 Å². The predicted molar refractivity (Wildman–Crippen MR) is 138 cm³/mol. The summed E-state index contributed by atoms with van der Waals surface area (Å²) in [5.74, 6) is -6.55. The van der Waals surface area contributed by atoms with Crippen molar-refractivity contribution in [3.8, 4) is 0 Å². The van der Waals surface area contributed by atoms with Crippen molar-refractivity contribution in [3.05, 3.63) is 47.3 Å². The van der Waals surface area contributed by atoms with Crippen LogP contribution in [0, 0.1) is 5.92 Å². The van der Waals surface area contributed by atoms with E-state index in [1.807, 2.05) is 5.43 Å². The van der Waals surface area contributed by atoms with Gasteiger partial charge in [-0.05, 0) is 12.5 Å². The summed E-state index contributed by atoms with van der Waals surface area (Å²) in [7, 11) is 6.08. The van der Waals surface area contributed by atoms with E-state index in [0.29, 0.717) is 10.5 Å². The average Bonchev–Trinajstić information content (AvgIpc) is 3.36. The molecule has 0 bridgehead atoms. The molecule has 2 heterocycles. The van der Waals surface area contributed by atoms with Crippen LogP contribution in [0.3, 0.4) is 0 Å². The summed E-state index contributed by atoms with van der Waals surface area (Å²) >= 11 is 0. The van der Waals surface area contributed by atoms with Crippen molar-refractivity contribution in [2.45, 2.75) is 25.4 Å². The molecule has 0 aromatic heterocycles. The molecule has 2 aliphatic rings. The molecular weight excluding hydrogens is 544 g/mol. The molecule has 3 unspecified atom stereocenters. The SMILES string of the molecule is COC(=O)C1=C(N(C)C)N2C(=O)N(C)C(=O)C2(OC(C(=O)OCc2ccccc2)/C(C)=N/NC(N)=O)C1C(=O)OC. The lowest BCUT2D eigenvalue weighted by molar-refractivity contribution is -0.195. The second kappa shape index (κ2) is 12.0. The summed E-state index contributed by atoms with van der Waals surface area (Å²) in [5.41, 5.74) is 4.30. The molecule has 3 atom stereocenters. The van der Waals surface area contributed by atoms with E-state index in [1.165, 1.54) is 25.9 Å². The van der Waals surface area contributed by atoms with Crippen LogP contribution >= 0.6 is 0 Å². The number of methoxy groups -OCH3 is 2. The quantitative estimate of drug-likeness (QED) is 0.120. The average molecular weight is 575 g/mol. The number of hydrazone groups is 1. The van der Waals surface area contributed by atoms with Gasteiger partial charge in [-0.2, -0.15) is 5.10 Å². The van der Waals surface area contributed by atoms with Crippen LogP contribution in [0.15, 0.2) is 46.8 Å². The Labute approximate surface area is 234 Å². The Kier molecular flexibility index (Phi) is 8.97. The molecule has 0 spiro atoms. The Morgan fingerprint density at radius 3 is 2.29 bits per heavy atom. The molecular formula is C25H30N6O10. The molecule has 3 N–H and O–H groups in total.